The monoisotopic (exact) mass is 546 g/mol. The summed E-state index contributed by atoms with van der Waals surface area (Å²) in [6.45, 7) is 13.1. The zero-order chi connectivity index (χ0) is 29.4. The highest BCUT2D eigenvalue weighted by molar-refractivity contribution is 6.10. The van der Waals surface area contributed by atoms with Crippen molar-refractivity contribution < 1.29 is 0 Å². The number of rotatable bonds is 6. The van der Waals surface area contributed by atoms with Gasteiger partial charge in [0.15, 0.2) is 0 Å². The van der Waals surface area contributed by atoms with Crippen LogP contribution in [-0.4, -0.2) is 0 Å². The van der Waals surface area contributed by atoms with Crippen LogP contribution in [-0.2, 0) is 0 Å². The van der Waals surface area contributed by atoms with Crippen LogP contribution in [0.5, 0.6) is 0 Å². The third kappa shape index (κ3) is 5.05. The lowest BCUT2D eigenvalue weighted by Gasteiger charge is -2.34. The number of benzene rings is 6. The van der Waals surface area contributed by atoms with Crippen LogP contribution in [0.3, 0.4) is 0 Å². The molecule has 0 atom stereocenters. The van der Waals surface area contributed by atoms with E-state index in [0.717, 1.165) is 22.7 Å². The summed E-state index contributed by atoms with van der Waals surface area (Å²) in [4.78, 5) is 4.85. The molecule has 0 aliphatic rings. The molecule has 42 heavy (non-hydrogen) atoms. The van der Waals surface area contributed by atoms with Crippen molar-refractivity contribution in [2.75, 3.05) is 9.80 Å². The van der Waals surface area contributed by atoms with Crippen molar-refractivity contribution in [3.63, 3.8) is 0 Å². The van der Waals surface area contributed by atoms with Crippen LogP contribution in [0.1, 0.15) is 33.4 Å². The largest absolute Gasteiger partial charge is 0.310 e. The first kappa shape index (κ1) is 27.4. The highest BCUT2D eigenvalue weighted by atomic mass is 15.2. The van der Waals surface area contributed by atoms with Crippen LogP contribution in [0.4, 0.5) is 34.1 Å². The van der Waals surface area contributed by atoms with Crippen molar-refractivity contribution in [3.8, 4) is 0 Å². The van der Waals surface area contributed by atoms with Crippen molar-refractivity contribution in [1.82, 2.24) is 0 Å². The zero-order valence-electron chi connectivity index (χ0n) is 25.4. The van der Waals surface area contributed by atoms with E-state index in [1.165, 1.54) is 55.5 Å². The molecule has 2 heteroatoms. The number of hydrogen-bond acceptors (Lipinski definition) is 2. The second-order valence-electron chi connectivity index (χ2n) is 11.5. The van der Waals surface area contributed by atoms with E-state index in [9.17, 15) is 0 Å². The molecular formula is C40H38N2. The lowest BCUT2D eigenvalue weighted by molar-refractivity contribution is 1.20. The smallest absolute Gasteiger partial charge is 0.0573 e. The van der Waals surface area contributed by atoms with Gasteiger partial charge in [-0.05, 0) is 101 Å². The molecule has 2 nitrogen and oxygen atoms in total. The van der Waals surface area contributed by atoms with Crippen molar-refractivity contribution in [1.29, 1.82) is 0 Å². The number of aryl methyl sites for hydroxylation is 4. The second-order valence-corrected chi connectivity index (χ2v) is 11.5. The molecule has 208 valence electrons. The van der Waals surface area contributed by atoms with Crippen LogP contribution in [0.2, 0.25) is 0 Å². The highest BCUT2D eigenvalue weighted by Crippen LogP contribution is 2.49. The molecule has 6 rings (SSSR count). The Labute approximate surface area is 250 Å². The van der Waals surface area contributed by atoms with Crippen molar-refractivity contribution >= 4 is 44.9 Å². The van der Waals surface area contributed by atoms with Gasteiger partial charge < -0.3 is 9.80 Å². The SMILES string of the molecule is Cc1ccc(N(c2ccc(C)cc2)c2c(C)c(C)c(N(c3ccc(C)cc3)c3ccc(C)cc3)c3ccccc23)cc1. The molecule has 0 radical (unpaired) electrons. The van der Waals surface area contributed by atoms with E-state index in [4.69, 9.17) is 0 Å². The summed E-state index contributed by atoms with van der Waals surface area (Å²) >= 11 is 0. The molecular weight excluding hydrogens is 508 g/mol. The molecule has 0 saturated heterocycles. The Morgan fingerprint density at radius 1 is 0.310 bits per heavy atom. The van der Waals surface area contributed by atoms with Crippen LogP contribution < -0.4 is 9.80 Å². The fraction of sp³-hybridized carbons (Fsp3) is 0.150. The van der Waals surface area contributed by atoms with Gasteiger partial charge in [-0.25, -0.2) is 0 Å². The predicted molar refractivity (Wildman–Crippen MR) is 182 cm³/mol. The summed E-state index contributed by atoms with van der Waals surface area (Å²) in [6.07, 6.45) is 0. The summed E-state index contributed by atoms with van der Waals surface area (Å²) < 4.78 is 0. The second kappa shape index (κ2) is 11.2. The standard InChI is InChI=1S/C40H38N2/c1-27-11-19-33(20-12-27)41(34-21-13-28(2)14-22-34)39-31(5)32(6)40(38-10-8-7-9-37(38)39)42(35-23-15-29(3)16-24-35)36-25-17-30(4)18-26-36/h7-26H,1-6H3. The minimum absolute atomic E-state index is 1.15. The number of fused-ring (bicyclic) bond motifs is 1. The van der Waals surface area contributed by atoms with Gasteiger partial charge >= 0.3 is 0 Å². The quantitative estimate of drug-likeness (QED) is 0.205. The van der Waals surface area contributed by atoms with E-state index in [2.05, 4.69) is 173 Å². The maximum absolute atomic E-state index is 2.43. The number of hydrogen-bond donors (Lipinski definition) is 0. The third-order valence-corrected chi connectivity index (χ3v) is 8.33. The van der Waals surface area contributed by atoms with Crippen molar-refractivity contribution in [2.24, 2.45) is 0 Å². The van der Waals surface area contributed by atoms with E-state index in [1.807, 2.05) is 0 Å². The Morgan fingerprint density at radius 3 is 0.786 bits per heavy atom. The number of anilines is 6. The average molecular weight is 547 g/mol. The predicted octanol–water partition coefficient (Wildman–Crippen LogP) is 11.6. The van der Waals surface area contributed by atoms with Crippen LogP contribution in [0, 0.1) is 41.5 Å². The fourth-order valence-electron chi connectivity index (χ4n) is 5.82. The van der Waals surface area contributed by atoms with Gasteiger partial charge in [0, 0.05) is 33.5 Å². The maximum Gasteiger partial charge on any atom is 0.0573 e. The first-order chi connectivity index (χ1) is 20.3. The van der Waals surface area contributed by atoms with E-state index in [1.54, 1.807) is 0 Å². The molecule has 0 aliphatic carbocycles. The van der Waals surface area contributed by atoms with Gasteiger partial charge in [0.1, 0.15) is 0 Å². The Balaban J connectivity index is 1.67. The van der Waals surface area contributed by atoms with Gasteiger partial charge in [-0.15, -0.1) is 0 Å². The van der Waals surface area contributed by atoms with Crippen LogP contribution >= 0.6 is 0 Å². The topological polar surface area (TPSA) is 6.48 Å². The zero-order valence-corrected chi connectivity index (χ0v) is 25.4. The molecule has 0 aromatic heterocycles. The molecule has 0 saturated carbocycles. The molecule has 0 aliphatic heterocycles. The van der Waals surface area contributed by atoms with Crippen molar-refractivity contribution in [2.45, 2.75) is 41.5 Å². The average Bonchev–Trinajstić information content (AvgIpc) is 3.00. The molecule has 0 amide bonds. The molecule has 6 aromatic rings. The van der Waals surface area contributed by atoms with Gasteiger partial charge in [0.25, 0.3) is 0 Å². The van der Waals surface area contributed by atoms with E-state index < -0.39 is 0 Å². The Kier molecular flexibility index (Phi) is 7.31. The van der Waals surface area contributed by atoms with Gasteiger partial charge in [0.2, 0.25) is 0 Å². The van der Waals surface area contributed by atoms with E-state index >= 15 is 0 Å². The summed E-state index contributed by atoms with van der Waals surface area (Å²) in [7, 11) is 0. The lowest BCUT2D eigenvalue weighted by Crippen LogP contribution is -2.16. The normalized spacial score (nSPS) is 11.1. The molecule has 0 N–H and O–H groups in total. The lowest BCUT2D eigenvalue weighted by atomic mass is 9.94. The summed E-state index contributed by atoms with van der Waals surface area (Å²) in [5.41, 5.74) is 14.6. The minimum Gasteiger partial charge on any atom is -0.310 e. The van der Waals surface area contributed by atoms with E-state index in [-0.39, 0.29) is 0 Å². The Morgan fingerprint density at radius 2 is 0.548 bits per heavy atom. The molecule has 0 unspecified atom stereocenters. The Hall–Kier alpha value is -4.82. The van der Waals surface area contributed by atoms with Crippen LogP contribution in [0.25, 0.3) is 10.8 Å². The van der Waals surface area contributed by atoms with Gasteiger partial charge in [-0.1, -0.05) is 95.1 Å². The summed E-state index contributed by atoms with van der Waals surface area (Å²) in [5, 5.41) is 2.45. The highest BCUT2D eigenvalue weighted by Gasteiger charge is 2.25. The van der Waals surface area contributed by atoms with Gasteiger partial charge in [0.05, 0.1) is 11.4 Å². The minimum atomic E-state index is 1.15. The maximum atomic E-state index is 2.43. The molecule has 6 aromatic carbocycles. The van der Waals surface area contributed by atoms with Gasteiger partial charge in [-0.2, -0.15) is 0 Å². The molecule has 0 fully saturated rings. The fourth-order valence-corrected chi connectivity index (χ4v) is 5.82. The summed E-state index contributed by atoms with van der Waals surface area (Å²) in [6, 6.07) is 44.3. The molecule has 0 heterocycles. The summed E-state index contributed by atoms with van der Waals surface area (Å²) in [5.74, 6) is 0. The molecule has 0 spiro atoms. The first-order valence-electron chi connectivity index (χ1n) is 14.7. The molecule has 0 bridgehead atoms. The van der Waals surface area contributed by atoms with Crippen LogP contribution in [0.15, 0.2) is 121 Å². The first-order valence-corrected chi connectivity index (χ1v) is 14.7. The Bertz CT molecular complexity index is 1620. The number of nitrogens with zero attached hydrogens (tertiary/aromatic N) is 2. The third-order valence-electron chi connectivity index (χ3n) is 8.33. The van der Waals surface area contributed by atoms with Gasteiger partial charge in [-0.3, -0.25) is 0 Å². The van der Waals surface area contributed by atoms with Crippen molar-refractivity contribution in [3.05, 3.63) is 155 Å². The van der Waals surface area contributed by atoms with E-state index in [0.29, 0.717) is 0 Å².